The lowest BCUT2D eigenvalue weighted by Gasteiger charge is -2.33. The van der Waals surface area contributed by atoms with Gasteiger partial charge in [-0.25, -0.2) is 15.8 Å². The van der Waals surface area contributed by atoms with Gasteiger partial charge in [0.25, 0.3) is 0 Å². The largest absolute Gasteiger partial charge is 0.353 e. The van der Waals surface area contributed by atoms with Crippen molar-refractivity contribution < 1.29 is 4.79 Å². The average Bonchev–Trinajstić information content (AvgIpc) is 2.38. The Balaban J connectivity index is 2.15. The molecule has 19 heavy (non-hydrogen) atoms. The number of piperazine rings is 1. The van der Waals surface area contributed by atoms with Gasteiger partial charge in [0, 0.05) is 24.8 Å². The first kappa shape index (κ1) is 13.7. The van der Waals surface area contributed by atoms with E-state index >= 15 is 0 Å². The number of aryl methyl sites for hydroxylation is 1. The Labute approximate surface area is 112 Å². The molecule has 104 valence electrons. The van der Waals surface area contributed by atoms with Gasteiger partial charge in [-0.15, -0.1) is 0 Å². The third kappa shape index (κ3) is 3.18. The van der Waals surface area contributed by atoms with Crippen LogP contribution in [0.5, 0.6) is 0 Å². The molecule has 0 saturated carbocycles. The first-order chi connectivity index (χ1) is 9.13. The quantitative estimate of drug-likeness (QED) is 0.514. The predicted molar refractivity (Wildman–Crippen MR) is 72.1 cm³/mol. The SMILES string of the molecule is CCC1C(=O)NCCN1Cc1nc(C)cc(NN)n1. The maximum absolute atomic E-state index is 11.8. The fraction of sp³-hybridized carbons (Fsp3) is 0.583. The molecule has 1 fully saturated rings. The van der Waals surface area contributed by atoms with Gasteiger partial charge in [0.15, 0.2) is 0 Å². The van der Waals surface area contributed by atoms with Crippen LogP contribution in [-0.2, 0) is 11.3 Å². The molecule has 0 radical (unpaired) electrons. The van der Waals surface area contributed by atoms with Crippen molar-refractivity contribution in [2.24, 2.45) is 5.84 Å². The molecule has 7 nitrogen and oxygen atoms in total. The number of rotatable bonds is 4. The van der Waals surface area contributed by atoms with E-state index in [4.69, 9.17) is 5.84 Å². The first-order valence-electron chi connectivity index (χ1n) is 6.47. The van der Waals surface area contributed by atoms with E-state index in [0.717, 1.165) is 18.7 Å². The Hall–Kier alpha value is -1.73. The van der Waals surface area contributed by atoms with Gasteiger partial charge in [-0.05, 0) is 13.3 Å². The monoisotopic (exact) mass is 264 g/mol. The Morgan fingerprint density at radius 2 is 2.37 bits per heavy atom. The number of amides is 1. The number of nitrogens with two attached hydrogens (primary N) is 1. The molecule has 4 N–H and O–H groups in total. The highest BCUT2D eigenvalue weighted by molar-refractivity contribution is 5.82. The number of nitrogen functional groups attached to an aromatic ring is 1. The highest BCUT2D eigenvalue weighted by Gasteiger charge is 2.28. The fourth-order valence-corrected chi connectivity index (χ4v) is 2.35. The van der Waals surface area contributed by atoms with Gasteiger partial charge in [-0.3, -0.25) is 9.69 Å². The third-order valence-corrected chi connectivity index (χ3v) is 3.22. The van der Waals surface area contributed by atoms with E-state index in [0.29, 0.717) is 24.7 Å². The summed E-state index contributed by atoms with van der Waals surface area (Å²) < 4.78 is 0. The highest BCUT2D eigenvalue weighted by Crippen LogP contribution is 2.13. The van der Waals surface area contributed by atoms with Gasteiger partial charge in [0.1, 0.15) is 11.6 Å². The number of nitrogens with zero attached hydrogens (tertiary/aromatic N) is 3. The normalized spacial score (nSPS) is 20.2. The van der Waals surface area contributed by atoms with Crippen LogP contribution in [0.25, 0.3) is 0 Å². The molecule has 1 aliphatic rings. The van der Waals surface area contributed by atoms with E-state index in [2.05, 4.69) is 25.6 Å². The fourth-order valence-electron chi connectivity index (χ4n) is 2.35. The lowest BCUT2D eigenvalue weighted by Crippen LogP contribution is -2.54. The van der Waals surface area contributed by atoms with Crippen LogP contribution in [0.2, 0.25) is 0 Å². The molecule has 1 saturated heterocycles. The summed E-state index contributed by atoms with van der Waals surface area (Å²) in [5.74, 6) is 6.74. The van der Waals surface area contributed by atoms with Crippen LogP contribution in [0.3, 0.4) is 0 Å². The number of carbonyl (C=O) groups excluding carboxylic acids is 1. The number of hydrogen-bond donors (Lipinski definition) is 3. The van der Waals surface area contributed by atoms with Crippen LogP contribution in [0, 0.1) is 6.92 Å². The maximum atomic E-state index is 11.8. The molecule has 2 rings (SSSR count). The molecular weight excluding hydrogens is 244 g/mol. The van der Waals surface area contributed by atoms with Crippen LogP contribution in [0.4, 0.5) is 5.82 Å². The van der Waals surface area contributed by atoms with E-state index < -0.39 is 0 Å². The first-order valence-corrected chi connectivity index (χ1v) is 6.47. The minimum Gasteiger partial charge on any atom is -0.353 e. The van der Waals surface area contributed by atoms with Crippen molar-refractivity contribution in [3.8, 4) is 0 Å². The zero-order valence-corrected chi connectivity index (χ0v) is 11.3. The second kappa shape index (κ2) is 5.94. The predicted octanol–water partition coefficient (Wildman–Crippen LogP) is -0.219. The van der Waals surface area contributed by atoms with Crippen molar-refractivity contribution in [3.63, 3.8) is 0 Å². The standard InChI is InChI=1S/C12H20N6O/c1-3-9-12(19)14-4-5-18(9)7-11-15-8(2)6-10(16-11)17-13/h6,9H,3-5,7,13H2,1-2H3,(H,14,19)(H,15,16,17). The van der Waals surface area contributed by atoms with Gasteiger partial charge in [-0.1, -0.05) is 6.92 Å². The van der Waals surface area contributed by atoms with E-state index in [1.54, 1.807) is 6.07 Å². The molecule has 1 aromatic heterocycles. The van der Waals surface area contributed by atoms with E-state index in [9.17, 15) is 4.79 Å². The molecule has 1 amide bonds. The number of anilines is 1. The zero-order valence-electron chi connectivity index (χ0n) is 11.3. The van der Waals surface area contributed by atoms with Crippen molar-refractivity contribution in [3.05, 3.63) is 17.6 Å². The molecule has 1 unspecified atom stereocenters. The molecule has 1 atom stereocenters. The number of aromatic nitrogens is 2. The summed E-state index contributed by atoms with van der Waals surface area (Å²) in [6.45, 7) is 5.94. The lowest BCUT2D eigenvalue weighted by molar-refractivity contribution is -0.129. The van der Waals surface area contributed by atoms with Crippen LogP contribution < -0.4 is 16.6 Å². The lowest BCUT2D eigenvalue weighted by atomic mass is 10.1. The van der Waals surface area contributed by atoms with Gasteiger partial charge in [0.2, 0.25) is 5.91 Å². The minimum absolute atomic E-state index is 0.0820. The molecular formula is C12H20N6O. The molecule has 0 bridgehead atoms. The molecule has 0 aromatic carbocycles. The topological polar surface area (TPSA) is 96.2 Å². The summed E-state index contributed by atoms with van der Waals surface area (Å²) in [5, 5.41) is 2.88. The molecule has 2 heterocycles. The molecule has 1 aliphatic heterocycles. The highest BCUT2D eigenvalue weighted by atomic mass is 16.2. The van der Waals surface area contributed by atoms with Crippen LogP contribution in [0.1, 0.15) is 24.9 Å². The van der Waals surface area contributed by atoms with Gasteiger partial charge < -0.3 is 10.7 Å². The van der Waals surface area contributed by atoms with E-state index in [-0.39, 0.29) is 11.9 Å². The summed E-state index contributed by atoms with van der Waals surface area (Å²) in [6, 6.07) is 1.68. The number of hydrazine groups is 1. The van der Waals surface area contributed by atoms with Crippen molar-refractivity contribution in [2.75, 3.05) is 18.5 Å². The Morgan fingerprint density at radius 3 is 3.05 bits per heavy atom. The van der Waals surface area contributed by atoms with Crippen LogP contribution in [0.15, 0.2) is 6.07 Å². The Kier molecular flexibility index (Phi) is 4.28. The molecule has 1 aromatic rings. The van der Waals surface area contributed by atoms with Crippen molar-refractivity contribution in [1.29, 1.82) is 0 Å². The third-order valence-electron chi connectivity index (χ3n) is 3.22. The second-order valence-corrected chi connectivity index (χ2v) is 4.64. The Bertz CT molecular complexity index is 464. The zero-order chi connectivity index (χ0) is 13.8. The smallest absolute Gasteiger partial charge is 0.237 e. The minimum atomic E-state index is -0.104. The van der Waals surface area contributed by atoms with Crippen molar-refractivity contribution in [2.45, 2.75) is 32.9 Å². The molecule has 7 heteroatoms. The summed E-state index contributed by atoms with van der Waals surface area (Å²) in [6.07, 6.45) is 0.777. The summed E-state index contributed by atoms with van der Waals surface area (Å²) >= 11 is 0. The van der Waals surface area contributed by atoms with Gasteiger partial charge in [-0.2, -0.15) is 0 Å². The van der Waals surface area contributed by atoms with Crippen LogP contribution >= 0.6 is 0 Å². The van der Waals surface area contributed by atoms with Gasteiger partial charge in [0.05, 0.1) is 12.6 Å². The summed E-state index contributed by atoms with van der Waals surface area (Å²) in [7, 11) is 0. The van der Waals surface area contributed by atoms with E-state index in [1.165, 1.54) is 0 Å². The summed E-state index contributed by atoms with van der Waals surface area (Å²) in [4.78, 5) is 22.6. The van der Waals surface area contributed by atoms with Crippen LogP contribution in [-0.4, -0.2) is 39.9 Å². The molecule has 0 spiro atoms. The number of carbonyl (C=O) groups is 1. The number of hydrogen-bond acceptors (Lipinski definition) is 6. The van der Waals surface area contributed by atoms with Gasteiger partial charge >= 0.3 is 0 Å². The Morgan fingerprint density at radius 1 is 1.58 bits per heavy atom. The van der Waals surface area contributed by atoms with E-state index in [1.807, 2.05) is 13.8 Å². The summed E-state index contributed by atoms with van der Waals surface area (Å²) in [5.41, 5.74) is 3.38. The molecule has 0 aliphatic carbocycles. The average molecular weight is 264 g/mol. The van der Waals surface area contributed by atoms with Crippen molar-refractivity contribution in [1.82, 2.24) is 20.2 Å². The number of nitrogens with one attached hydrogen (secondary N) is 2. The van der Waals surface area contributed by atoms with Crippen molar-refractivity contribution >= 4 is 11.7 Å². The maximum Gasteiger partial charge on any atom is 0.237 e. The second-order valence-electron chi connectivity index (χ2n) is 4.64.